The largest absolute Gasteiger partial charge is 0.191 e. The van der Waals surface area contributed by atoms with Gasteiger partial charge in [-0.25, -0.2) is 0 Å². The number of benzene rings is 1. The summed E-state index contributed by atoms with van der Waals surface area (Å²) < 4.78 is 1.12. The van der Waals surface area contributed by atoms with E-state index in [0.29, 0.717) is 9.90 Å². The van der Waals surface area contributed by atoms with Gasteiger partial charge in [0.2, 0.25) is 0 Å². The Balaban J connectivity index is 2.94. The van der Waals surface area contributed by atoms with Gasteiger partial charge in [0.05, 0.1) is 5.02 Å². The number of halogens is 1. The monoisotopic (exact) mass is 221 g/mol. The van der Waals surface area contributed by atoms with Crippen LogP contribution in [0, 0.1) is 25.2 Å². The lowest BCUT2D eigenvalue weighted by molar-refractivity contribution is 1.44. The predicted octanol–water partition coefficient (Wildman–Crippen LogP) is 4.04. The Morgan fingerprint density at radius 2 is 2.07 bits per heavy atom. The van der Waals surface area contributed by atoms with E-state index in [2.05, 4.69) is 12.1 Å². The molecule has 0 fully saturated rings. The number of thiophene rings is 1. The Hall–Kier alpha value is -1.04. The van der Waals surface area contributed by atoms with Gasteiger partial charge >= 0.3 is 0 Å². The number of hydrogen-bond acceptors (Lipinski definition) is 2. The molecule has 0 aliphatic carbocycles. The summed E-state index contributed by atoms with van der Waals surface area (Å²) in [5.74, 6) is 0. The van der Waals surface area contributed by atoms with Crippen molar-refractivity contribution in [1.29, 1.82) is 5.26 Å². The first-order valence-electron chi connectivity index (χ1n) is 4.23. The normalized spacial score (nSPS) is 10.4. The van der Waals surface area contributed by atoms with Crippen LogP contribution in [0.5, 0.6) is 0 Å². The smallest absolute Gasteiger partial charge is 0.124 e. The Morgan fingerprint density at radius 3 is 2.71 bits per heavy atom. The van der Waals surface area contributed by atoms with Gasteiger partial charge in [-0.3, -0.25) is 0 Å². The molecule has 1 aromatic carbocycles. The minimum Gasteiger partial charge on any atom is -0.191 e. The van der Waals surface area contributed by atoms with Crippen molar-refractivity contribution in [3.8, 4) is 6.07 Å². The van der Waals surface area contributed by atoms with Crippen molar-refractivity contribution in [2.45, 2.75) is 13.8 Å². The quantitative estimate of drug-likeness (QED) is 0.659. The summed E-state index contributed by atoms with van der Waals surface area (Å²) in [5.41, 5.74) is 2.37. The molecule has 0 amide bonds. The van der Waals surface area contributed by atoms with E-state index < -0.39 is 0 Å². The van der Waals surface area contributed by atoms with Crippen LogP contribution in [-0.4, -0.2) is 0 Å². The molecule has 0 aliphatic rings. The van der Waals surface area contributed by atoms with Crippen LogP contribution >= 0.6 is 22.9 Å². The van der Waals surface area contributed by atoms with E-state index >= 15 is 0 Å². The molecule has 14 heavy (non-hydrogen) atoms. The fraction of sp³-hybridized carbons (Fsp3) is 0.182. The second-order valence-corrected chi connectivity index (χ2v) is 4.71. The Labute approximate surface area is 91.5 Å². The van der Waals surface area contributed by atoms with Crippen molar-refractivity contribution >= 4 is 33.0 Å². The van der Waals surface area contributed by atoms with Crippen LogP contribution in [0.15, 0.2) is 12.1 Å². The van der Waals surface area contributed by atoms with Gasteiger partial charge in [0.15, 0.2) is 0 Å². The number of fused-ring (bicyclic) bond motifs is 1. The van der Waals surface area contributed by atoms with Crippen LogP contribution < -0.4 is 0 Å². The maximum Gasteiger partial charge on any atom is 0.124 e. The third-order valence-electron chi connectivity index (χ3n) is 2.16. The van der Waals surface area contributed by atoms with E-state index in [-0.39, 0.29) is 0 Å². The van der Waals surface area contributed by atoms with Gasteiger partial charge in [0, 0.05) is 10.1 Å². The molecule has 0 N–H and O–H groups in total. The molecule has 1 aromatic heterocycles. The summed E-state index contributed by atoms with van der Waals surface area (Å²) in [5, 5.41) is 10.5. The van der Waals surface area contributed by atoms with Crippen LogP contribution in [0.2, 0.25) is 5.02 Å². The van der Waals surface area contributed by atoms with E-state index in [1.165, 1.54) is 22.5 Å². The van der Waals surface area contributed by atoms with E-state index in [4.69, 9.17) is 16.9 Å². The fourth-order valence-electron chi connectivity index (χ4n) is 1.59. The lowest BCUT2D eigenvalue weighted by Crippen LogP contribution is -1.76. The molecule has 3 heteroatoms. The highest BCUT2D eigenvalue weighted by molar-refractivity contribution is 7.20. The lowest BCUT2D eigenvalue weighted by atomic mass is 10.1. The van der Waals surface area contributed by atoms with E-state index in [1.54, 1.807) is 0 Å². The third kappa shape index (κ3) is 1.30. The summed E-state index contributed by atoms with van der Waals surface area (Å²) in [4.78, 5) is 0.607. The summed E-state index contributed by atoms with van der Waals surface area (Å²) >= 11 is 7.56. The van der Waals surface area contributed by atoms with Gasteiger partial charge in [0.25, 0.3) is 0 Å². The summed E-state index contributed by atoms with van der Waals surface area (Å²) in [7, 11) is 0. The number of nitrogens with zero attached hydrogens (tertiary/aromatic N) is 1. The number of rotatable bonds is 0. The van der Waals surface area contributed by atoms with Crippen LogP contribution in [-0.2, 0) is 0 Å². The average molecular weight is 222 g/mol. The molecule has 1 nitrogen and oxygen atoms in total. The topological polar surface area (TPSA) is 23.8 Å². The molecule has 0 bridgehead atoms. The molecule has 2 rings (SSSR count). The van der Waals surface area contributed by atoms with E-state index in [0.717, 1.165) is 10.1 Å². The first kappa shape index (κ1) is 9.51. The number of hydrogen-bond donors (Lipinski definition) is 0. The fourth-order valence-corrected chi connectivity index (χ4v) is 2.90. The molecule has 1 heterocycles. The molecular weight excluding hydrogens is 214 g/mol. The van der Waals surface area contributed by atoms with Gasteiger partial charge in [-0.2, -0.15) is 5.26 Å². The van der Waals surface area contributed by atoms with Gasteiger partial charge in [0.1, 0.15) is 10.9 Å². The van der Waals surface area contributed by atoms with Gasteiger partial charge in [-0.05, 0) is 25.5 Å². The van der Waals surface area contributed by atoms with E-state index in [1.807, 2.05) is 19.9 Å². The number of nitriles is 1. The van der Waals surface area contributed by atoms with Crippen molar-refractivity contribution < 1.29 is 0 Å². The van der Waals surface area contributed by atoms with Crippen LogP contribution in [0.4, 0.5) is 0 Å². The summed E-state index contributed by atoms with van der Waals surface area (Å²) in [6.45, 7) is 4.08. The maximum atomic E-state index is 8.86. The molecule has 0 radical (unpaired) electrons. The van der Waals surface area contributed by atoms with Crippen LogP contribution in [0.1, 0.15) is 16.0 Å². The zero-order valence-corrected chi connectivity index (χ0v) is 9.46. The zero-order chi connectivity index (χ0) is 10.3. The third-order valence-corrected chi connectivity index (χ3v) is 3.91. The number of aryl methyl sites for hydroxylation is 2. The molecule has 2 aromatic rings. The second kappa shape index (κ2) is 3.27. The molecule has 0 aliphatic heterocycles. The van der Waals surface area contributed by atoms with Crippen molar-refractivity contribution in [1.82, 2.24) is 0 Å². The lowest BCUT2D eigenvalue weighted by Gasteiger charge is -1.98. The Bertz CT molecular complexity index is 548. The zero-order valence-electron chi connectivity index (χ0n) is 7.89. The summed E-state index contributed by atoms with van der Waals surface area (Å²) in [6.07, 6.45) is 0. The van der Waals surface area contributed by atoms with E-state index in [9.17, 15) is 0 Å². The van der Waals surface area contributed by atoms with Crippen molar-refractivity contribution in [2.75, 3.05) is 0 Å². The summed E-state index contributed by atoms with van der Waals surface area (Å²) in [6, 6.07) is 6.26. The highest BCUT2D eigenvalue weighted by Crippen LogP contribution is 2.37. The van der Waals surface area contributed by atoms with Gasteiger partial charge in [-0.1, -0.05) is 23.2 Å². The van der Waals surface area contributed by atoms with Gasteiger partial charge < -0.3 is 0 Å². The Morgan fingerprint density at radius 1 is 1.36 bits per heavy atom. The SMILES string of the molecule is Cc1cc(C)c2sc(C#N)c(Cl)c2c1. The molecule has 0 unspecified atom stereocenters. The highest BCUT2D eigenvalue weighted by atomic mass is 35.5. The Kier molecular flexibility index (Phi) is 2.22. The maximum absolute atomic E-state index is 8.86. The van der Waals surface area contributed by atoms with Crippen LogP contribution in [0.25, 0.3) is 10.1 Å². The molecule has 70 valence electrons. The minimum absolute atomic E-state index is 0.597. The first-order valence-corrected chi connectivity index (χ1v) is 5.42. The molecule has 0 saturated heterocycles. The second-order valence-electron chi connectivity index (χ2n) is 3.32. The predicted molar refractivity (Wildman–Crippen MR) is 61.0 cm³/mol. The van der Waals surface area contributed by atoms with Gasteiger partial charge in [-0.15, -0.1) is 11.3 Å². The molecule has 0 atom stereocenters. The minimum atomic E-state index is 0.597. The standard InChI is InChI=1S/C11H8ClNS/c1-6-3-7(2)11-8(4-6)10(12)9(5-13)14-11/h3-4H,1-2H3. The molecular formula is C11H8ClNS. The molecule has 0 spiro atoms. The van der Waals surface area contributed by atoms with Crippen LogP contribution in [0.3, 0.4) is 0 Å². The first-order chi connectivity index (χ1) is 6.63. The van der Waals surface area contributed by atoms with Crippen molar-refractivity contribution in [3.05, 3.63) is 33.2 Å². The molecule has 0 saturated carbocycles. The average Bonchev–Trinajstić information content (AvgIpc) is 2.44. The highest BCUT2D eigenvalue weighted by Gasteiger charge is 2.11. The van der Waals surface area contributed by atoms with Crippen molar-refractivity contribution in [2.24, 2.45) is 0 Å². The van der Waals surface area contributed by atoms with Crippen molar-refractivity contribution in [3.63, 3.8) is 0 Å².